The van der Waals surface area contributed by atoms with Gasteiger partial charge in [-0.05, 0) is 57.0 Å². The molecule has 1 aliphatic rings. The molecule has 36 heavy (non-hydrogen) atoms. The van der Waals surface area contributed by atoms with E-state index in [2.05, 4.69) is 25.6 Å². The molecule has 11 heteroatoms. The number of alkyl halides is 3. The maximum Gasteiger partial charge on any atom is 0.416 e. The van der Waals surface area contributed by atoms with Crippen molar-refractivity contribution in [3.63, 3.8) is 0 Å². The van der Waals surface area contributed by atoms with Crippen molar-refractivity contribution in [1.82, 2.24) is 25.0 Å². The molecule has 2 N–H and O–H groups in total. The van der Waals surface area contributed by atoms with E-state index in [1.807, 2.05) is 0 Å². The lowest BCUT2D eigenvalue weighted by Gasteiger charge is -2.10. The lowest BCUT2D eigenvalue weighted by Crippen LogP contribution is -2.24. The highest BCUT2D eigenvalue weighted by Crippen LogP contribution is 2.38. The van der Waals surface area contributed by atoms with Gasteiger partial charge in [-0.1, -0.05) is 18.2 Å². The van der Waals surface area contributed by atoms with E-state index in [0.717, 1.165) is 30.8 Å². The van der Waals surface area contributed by atoms with Crippen LogP contribution in [-0.2, 0) is 11.0 Å². The molecule has 1 fully saturated rings. The standard InChI is InChI=1S/C25H21F3N6O2/c1-13-20(14(2)34(33-13)19-8-4-6-17(12-19)25(26,27)28)21(35)24(36)29-18-7-3-5-16(11-18)23-30-22(31-32-23)15-9-10-15/h3-8,11-12,15H,9-10H2,1-2H3,(H,29,36)(H,30,31,32). The summed E-state index contributed by atoms with van der Waals surface area (Å²) in [5, 5.41) is 14.0. The number of anilines is 1. The number of Topliss-reactive ketones (excluding diaryl/α,β-unsaturated/α-hetero) is 1. The molecule has 0 saturated heterocycles. The Morgan fingerprint density at radius 3 is 2.56 bits per heavy atom. The van der Waals surface area contributed by atoms with Crippen molar-refractivity contribution in [2.75, 3.05) is 5.32 Å². The van der Waals surface area contributed by atoms with Crippen LogP contribution < -0.4 is 5.32 Å². The van der Waals surface area contributed by atoms with E-state index in [-0.39, 0.29) is 22.6 Å². The van der Waals surface area contributed by atoms with Crippen LogP contribution in [0.3, 0.4) is 0 Å². The van der Waals surface area contributed by atoms with Gasteiger partial charge in [-0.15, -0.1) is 0 Å². The Morgan fingerprint density at radius 2 is 1.83 bits per heavy atom. The minimum Gasteiger partial charge on any atom is -0.319 e. The predicted octanol–water partition coefficient (Wildman–Crippen LogP) is 4.99. The van der Waals surface area contributed by atoms with Gasteiger partial charge in [0.2, 0.25) is 0 Å². The Morgan fingerprint density at radius 1 is 1.08 bits per heavy atom. The lowest BCUT2D eigenvalue weighted by atomic mass is 10.1. The van der Waals surface area contributed by atoms with Gasteiger partial charge < -0.3 is 5.32 Å². The number of benzene rings is 2. The fourth-order valence-corrected chi connectivity index (χ4v) is 4.02. The van der Waals surface area contributed by atoms with E-state index in [1.54, 1.807) is 24.3 Å². The third-order valence-electron chi connectivity index (χ3n) is 5.99. The molecule has 2 aromatic heterocycles. The summed E-state index contributed by atoms with van der Waals surface area (Å²) < 4.78 is 40.6. The summed E-state index contributed by atoms with van der Waals surface area (Å²) in [7, 11) is 0. The first-order valence-corrected chi connectivity index (χ1v) is 11.2. The zero-order valence-electron chi connectivity index (χ0n) is 19.3. The molecule has 0 atom stereocenters. The summed E-state index contributed by atoms with van der Waals surface area (Å²) in [4.78, 5) is 30.3. The molecule has 1 aliphatic carbocycles. The maximum atomic E-state index is 13.1. The molecule has 0 radical (unpaired) electrons. The van der Waals surface area contributed by atoms with E-state index in [1.165, 1.54) is 30.7 Å². The monoisotopic (exact) mass is 494 g/mol. The van der Waals surface area contributed by atoms with Crippen molar-refractivity contribution in [1.29, 1.82) is 0 Å². The molecule has 0 spiro atoms. The van der Waals surface area contributed by atoms with Gasteiger partial charge in [-0.25, -0.2) is 9.67 Å². The average Bonchev–Trinajstić information content (AvgIpc) is 3.49. The minimum absolute atomic E-state index is 0.0316. The number of nitrogens with one attached hydrogen (secondary N) is 2. The van der Waals surface area contributed by atoms with Crippen LogP contribution in [0.25, 0.3) is 17.1 Å². The number of hydrogen-bond donors (Lipinski definition) is 2. The minimum atomic E-state index is -4.52. The Bertz CT molecular complexity index is 1480. The van der Waals surface area contributed by atoms with E-state index < -0.39 is 23.4 Å². The number of nitrogens with zero attached hydrogens (tertiary/aromatic N) is 4. The maximum absolute atomic E-state index is 13.1. The first-order valence-electron chi connectivity index (χ1n) is 11.2. The summed E-state index contributed by atoms with van der Waals surface area (Å²) in [6, 6.07) is 11.4. The molecule has 2 aromatic carbocycles. The van der Waals surface area contributed by atoms with Crippen LogP contribution in [0, 0.1) is 13.8 Å². The molecule has 2 heterocycles. The molecule has 1 saturated carbocycles. The van der Waals surface area contributed by atoms with Crippen molar-refractivity contribution in [3.8, 4) is 17.1 Å². The van der Waals surface area contributed by atoms with Crippen LogP contribution >= 0.6 is 0 Å². The largest absolute Gasteiger partial charge is 0.416 e. The summed E-state index contributed by atoms with van der Waals surface area (Å²) in [6.07, 6.45) is -2.36. The molecule has 0 aliphatic heterocycles. The van der Waals surface area contributed by atoms with Crippen LogP contribution in [-0.4, -0.2) is 36.7 Å². The smallest absolute Gasteiger partial charge is 0.319 e. The highest BCUT2D eigenvalue weighted by molar-refractivity contribution is 6.47. The topological polar surface area (TPSA) is 106 Å². The number of aryl methyl sites for hydroxylation is 1. The van der Waals surface area contributed by atoms with Crippen molar-refractivity contribution in [2.45, 2.75) is 38.8 Å². The summed E-state index contributed by atoms with van der Waals surface area (Å²) in [6.45, 7) is 3.06. The van der Waals surface area contributed by atoms with Crippen LogP contribution in [0.4, 0.5) is 18.9 Å². The normalized spacial score (nSPS) is 13.6. The van der Waals surface area contributed by atoms with Gasteiger partial charge in [0.25, 0.3) is 11.7 Å². The second kappa shape index (κ2) is 8.74. The van der Waals surface area contributed by atoms with E-state index in [9.17, 15) is 22.8 Å². The zero-order chi connectivity index (χ0) is 25.6. The van der Waals surface area contributed by atoms with Gasteiger partial charge in [0.1, 0.15) is 5.82 Å². The highest BCUT2D eigenvalue weighted by atomic mass is 19.4. The van der Waals surface area contributed by atoms with Crippen molar-refractivity contribution >= 4 is 17.4 Å². The Labute approximate surface area is 203 Å². The number of rotatable bonds is 6. The number of hydrogen-bond acceptors (Lipinski definition) is 5. The highest BCUT2D eigenvalue weighted by Gasteiger charge is 2.31. The van der Waals surface area contributed by atoms with E-state index >= 15 is 0 Å². The van der Waals surface area contributed by atoms with Crippen molar-refractivity contribution in [3.05, 3.63) is 76.9 Å². The van der Waals surface area contributed by atoms with Gasteiger partial charge >= 0.3 is 6.18 Å². The summed E-state index contributed by atoms with van der Waals surface area (Å²) in [5.74, 6) is -0.0000384. The number of carbonyl (C=O) groups excluding carboxylic acids is 2. The number of halogens is 3. The third-order valence-corrected chi connectivity index (χ3v) is 5.99. The molecule has 1 amide bonds. The molecular weight excluding hydrogens is 473 g/mol. The predicted molar refractivity (Wildman–Crippen MR) is 125 cm³/mol. The van der Waals surface area contributed by atoms with Gasteiger partial charge in [0.05, 0.1) is 28.2 Å². The fraction of sp³-hybridized carbons (Fsp3) is 0.240. The quantitative estimate of drug-likeness (QED) is 0.290. The Kier molecular flexibility index (Phi) is 5.70. The van der Waals surface area contributed by atoms with Gasteiger partial charge in [-0.3, -0.25) is 14.7 Å². The van der Waals surface area contributed by atoms with Crippen LogP contribution in [0.5, 0.6) is 0 Å². The van der Waals surface area contributed by atoms with Crippen LogP contribution in [0.2, 0.25) is 0 Å². The number of H-pyrrole nitrogens is 1. The van der Waals surface area contributed by atoms with Crippen LogP contribution in [0.1, 0.15) is 51.9 Å². The van der Waals surface area contributed by atoms with Gasteiger partial charge in [-0.2, -0.15) is 23.4 Å². The third kappa shape index (κ3) is 4.51. The van der Waals surface area contributed by atoms with Gasteiger partial charge in [0, 0.05) is 17.2 Å². The van der Waals surface area contributed by atoms with Gasteiger partial charge in [0.15, 0.2) is 5.82 Å². The number of carbonyl (C=O) groups is 2. The molecular formula is C25H21F3N6O2. The lowest BCUT2D eigenvalue weighted by molar-refractivity contribution is -0.137. The number of ketones is 1. The van der Waals surface area contributed by atoms with Crippen LogP contribution in [0.15, 0.2) is 48.5 Å². The Balaban J connectivity index is 1.37. The second-order valence-corrected chi connectivity index (χ2v) is 8.69. The number of aromatic amines is 1. The first kappa shape index (κ1) is 23.5. The average molecular weight is 494 g/mol. The molecule has 184 valence electrons. The molecule has 0 unspecified atom stereocenters. The van der Waals surface area contributed by atoms with Crippen molar-refractivity contribution in [2.24, 2.45) is 0 Å². The fourth-order valence-electron chi connectivity index (χ4n) is 4.02. The second-order valence-electron chi connectivity index (χ2n) is 8.69. The summed E-state index contributed by atoms with van der Waals surface area (Å²) in [5.41, 5.74) is 0.867. The zero-order valence-corrected chi connectivity index (χ0v) is 19.3. The molecule has 5 rings (SSSR count). The van der Waals surface area contributed by atoms with E-state index in [0.29, 0.717) is 23.0 Å². The first-order chi connectivity index (χ1) is 17.1. The van der Waals surface area contributed by atoms with Crippen molar-refractivity contribution < 1.29 is 22.8 Å². The molecule has 0 bridgehead atoms. The summed E-state index contributed by atoms with van der Waals surface area (Å²) >= 11 is 0. The Hall–Kier alpha value is -4.28. The molecule has 8 nitrogen and oxygen atoms in total. The number of aromatic nitrogens is 5. The molecule has 4 aromatic rings. The van der Waals surface area contributed by atoms with E-state index in [4.69, 9.17) is 0 Å². The number of amides is 1. The SMILES string of the molecule is Cc1nn(-c2cccc(C(F)(F)F)c2)c(C)c1C(=O)C(=O)Nc1cccc(-c2n[nH]c(C3CC3)n2)c1.